The van der Waals surface area contributed by atoms with E-state index in [1.165, 1.54) is 0 Å². The van der Waals surface area contributed by atoms with Crippen LogP contribution in [0.15, 0.2) is 38.0 Å². The molecule has 0 atom stereocenters. The molecular formula is C10H8Br2N2S. The second-order valence-corrected chi connectivity index (χ2v) is 5.50. The van der Waals surface area contributed by atoms with Crippen LogP contribution in [0, 0.1) is 0 Å². The van der Waals surface area contributed by atoms with E-state index in [1.54, 1.807) is 17.5 Å². The van der Waals surface area contributed by atoms with Gasteiger partial charge in [0, 0.05) is 26.2 Å². The van der Waals surface area contributed by atoms with Crippen molar-refractivity contribution in [1.29, 1.82) is 0 Å². The second-order valence-electron chi connectivity index (χ2n) is 2.95. The van der Waals surface area contributed by atoms with Gasteiger partial charge in [-0.05, 0) is 49.4 Å². The number of anilines is 1. The zero-order chi connectivity index (χ0) is 10.7. The van der Waals surface area contributed by atoms with Gasteiger partial charge in [0.05, 0.1) is 12.2 Å². The number of rotatable bonds is 3. The molecule has 15 heavy (non-hydrogen) atoms. The SMILES string of the molecule is Brc1cnc(CNc2ccsc2)c(Br)c1. The largest absolute Gasteiger partial charge is 0.379 e. The van der Waals surface area contributed by atoms with Crippen LogP contribution < -0.4 is 5.32 Å². The topological polar surface area (TPSA) is 24.9 Å². The lowest BCUT2D eigenvalue weighted by Gasteiger charge is -2.05. The van der Waals surface area contributed by atoms with Gasteiger partial charge in [-0.15, -0.1) is 0 Å². The monoisotopic (exact) mass is 346 g/mol. The molecule has 2 aromatic heterocycles. The summed E-state index contributed by atoms with van der Waals surface area (Å²) in [4.78, 5) is 4.32. The third-order valence-electron chi connectivity index (χ3n) is 1.87. The van der Waals surface area contributed by atoms with Crippen molar-refractivity contribution >= 4 is 48.9 Å². The molecule has 2 rings (SSSR count). The maximum atomic E-state index is 4.32. The summed E-state index contributed by atoms with van der Waals surface area (Å²) in [6.07, 6.45) is 1.80. The number of aromatic nitrogens is 1. The molecule has 1 N–H and O–H groups in total. The number of hydrogen-bond donors (Lipinski definition) is 1. The van der Waals surface area contributed by atoms with E-state index in [2.05, 4.69) is 53.6 Å². The fourth-order valence-electron chi connectivity index (χ4n) is 1.12. The predicted octanol–water partition coefficient (Wildman–Crippen LogP) is 4.28. The Morgan fingerprint density at radius 1 is 1.40 bits per heavy atom. The molecule has 0 aliphatic heterocycles. The van der Waals surface area contributed by atoms with Gasteiger partial charge in [-0.2, -0.15) is 11.3 Å². The van der Waals surface area contributed by atoms with Gasteiger partial charge in [-0.3, -0.25) is 4.98 Å². The van der Waals surface area contributed by atoms with E-state index in [4.69, 9.17) is 0 Å². The lowest BCUT2D eigenvalue weighted by molar-refractivity contribution is 1.03. The molecule has 0 amide bonds. The standard InChI is InChI=1S/C10H8Br2N2S/c11-7-3-9(12)10(14-4-7)5-13-8-1-2-15-6-8/h1-4,6,13H,5H2. The van der Waals surface area contributed by atoms with Crippen LogP contribution in [0.25, 0.3) is 0 Å². The third kappa shape index (κ3) is 3.03. The summed E-state index contributed by atoms with van der Waals surface area (Å²) in [6.45, 7) is 0.727. The molecule has 0 saturated carbocycles. The molecule has 0 spiro atoms. The van der Waals surface area contributed by atoms with Crippen molar-refractivity contribution < 1.29 is 0 Å². The van der Waals surface area contributed by atoms with Crippen molar-refractivity contribution in [1.82, 2.24) is 4.98 Å². The summed E-state index contributed by atoms with van der Waals surface area (Å²) in [6, 6.07) is 4.05. The van der Waals surface area contributed by atoms with Gasteiger partial charge in [-0.25, -0.2) is 0 Å². The first-order chi connectivity index (χ1) is 7.25. The van der Waals surface area contributed by atoms with Gasteiger partial charge in [0.1, 0.15) is 0 Å². The lowest BCUT2D eigenvalue weighted by atomic mass is 10.3. The minimum atomic E-state index is 0.727. The van der Waals surface area contributed by atoms with Crippen molar-refractivity contribution in [2.75, 3.05) is 5.32 Å². The van der Waals surface area contributed by atoms with Crippen molar-refractivity contribution in [3.63, 3.8) is 0 Å². The van der Waals surface area contributed by atoms with Gasteiger partial charge in [0.15, 0.2) is 0 Å². The average Bonchev–Trinajstić information content (AvgIpc) is 2.69. The van der Waals surface area contributed by atoms with Crippen LogP contribution >= 0.6 is 43.2 Å². The van der Waals surface area contributed by atoms with Crippen LogP contribution in [0.4, 0.5) is 5.69 Å². The van der Waals surface area contributed by atoms with Crippen LogP contribution in [-0.2, 0) is 6.54 Å². The van der Waals surface area contributed by atoms with Crippen LogP contribution in [0.1, 0.15) is 5.69 Å². The molecule has 0 unspecified atom stereocenters. The van der Waals surface area contributed by atoms with E-state index in [0.717, 1.165) is 26.9 Å². The second kappa shape index (κ2) is 5.09. The summed E-state index contributed by atoms with van der Waals surface area (Å²) in [5, 5.41) is 7.43. The zero-order valence-electron chi connectivity index (χ0n) is 7.71. The van der Waals surface area contributed by atoms with E-state index in [9.17, 15) is 0 Å². The number of nitrogens with zero attached hydrogens (tertiary/aromatic N) is 1. The quantitative estimate of drug-likeness (QED) is 0.896. The van der Waals surface area contributed by atoms with E-state index in [0.29, 0.717) is 0 Å². The predicted molar refractivity (Wildman–Crippen MR) is 71.3 cm³/mol. The summed E-state index contributed by atoms with van der Waals surface area (Å²) in [7, 11) is 0. The molecule has 5 heteroatoms. The highest BCUT2D eigenvalue weighted by molar-refractivity contribution is 9.11. The maximum absolute atomic E-state index is 4.32. The van der Waals surface area contributed by atoms with Crippen LogP contribution in [-0.4, -0.2) is 4.98 Å². The Morgan fingerprint density at radius 2 is 2.27 bits per heavy atom. The van der Waals surface area contributed by atoms with Crippen molar-refractivity contribution in [2.45, 2.75) is 6.54 Å². The first-order valence-electron chi connectivity index (χ1n) is 4.31. The first-order valence-corrected chi connectivity index (χ1v) is 6.84. The van der Waals surface area contributed by atoms with Crippen LogP contribution in [0.2, 0.25) is 0 Å². The fourth-order valence-corrected chi connectivity index (χ4v) is 2.86. The smallest absolute Gasteiger partial charge is 0.0737 e. The average molecular weight is 348 g/mol. The highest BCUT2D eigenvalue weighted by Crippen LogP contribution is 2.21. The Morgan fingerprint density at radius 3 is 2.93 bits per heavy atom. The molecule has 0 radical (unpaired) electrons. The Labute approximate surface area is 109 Å². The number of hydrogen-bond acceptors (Lipinski definition) is 3. The molecule has 78 valence electrons. The van der Waals surface area contributed by atoms with Gasteiger partial charge in [0.2, 0.25) is 0 Å². The Bertz CT molecular complexity index is 443. The first kappa shape index (κ1) is 11.1. The van der Waals surface area contributed by atoms with E-state index >= 15 is 0 Å². The molecule has 2 heterocycles. The summed E-state index contributed by atoms with van der Waals surface area (Å²) in [5.74, 6) is 0. The normalized spacial score (nSPS) is 10.3. The Hall–Kier alpha value is -0.390. The van der Waals surface area contributed by atoms with Gasteiger partial charge in [-0.1, -0.05) is 0 Å². The highest BCUT2D eigenvalue weighted by atomic mass is 79.9. The number of nitrogens with one attached hydrogen (secondary N) is 1. The van der Waals surface area contributed by atoms with Crippen molar-refractivity contribution in [2.24, 2.45) is 0 Å². The molecule has 0 aliphatic carbocycles. The number of thiophene rings is 1. The fraction of sp³-hybridized carbons (Fsp3) is 0.100. The highest BCUT2D eigenvalue weighted by Gasteiger charge is 2.02. The molecule has 0 aliphatic rings. The molecule has 2 nitrogen and oxygen atoms in total. The zero-order valence-corrected chi connectivity index (χ0v) is 11.7. The Kier molecular flexibility index (Phi) is 3.77. The maximum Gasteiger partial charge on any atom is 0.0737 e. The molecule has 0 bridgehead atoms. The molecular weight excluding hydrogens is 340 g/mol. The summed E-state index contributed by atoms with van der Waals surface area (Å²) < 4.78 is 1.99. The molecule has 0 fully saturated rings. The molecule has 0 aromatic carbocycles. The molecule has 2 aromatic rings. The minimum absolute atomic E-state index is 0.727. The van der Waals surface area contributed by atoms with Crippen molar-refractivity contribution in [3.8, 4) is 0 Å². The Balaban J connectivity index is 2.05. The van der Waals surface area contributed by atoms with Crippen LogP contribution in [0.3, 0.4) is 0 Å². The summed E-state index contributed by atoms with van der Waals surface area (Å²) in [5.41, 5.74) is 2.14. The van der Waals surface area contributed by atoms with E-state index in [1.807, 2.05) is 11.4 Å². The number of halogens is 2. The van der Waals surface area contributed by atoms with Gasteiger partial charge >= 0.3 is 0 Å². The van der Waals surface area contributed by atoms with Crippen LogP contribution in [0.5, 0.6) is 0 Å². The van der Waals surface area contributed by atoms with Gasteiger partial charge in [0.25, 0.3) is 0 Å². The van der Waals surface area contributed by atoms with Gasteiger partial charge < -0.3 is 5.32 Å². The summed E-state index contributed by atoms with van der Waals surface area (Å²) >= 11 is 8.54. The molecule has 0 saturated heterocycles. The van der Waals surface area contributed by atoms with E-state index < -0.39 is 0 Å². The minimum Gasteiger partial charge on any atom is -0.379 e. The van der Waals surface area contributed by atoms with Crippen molar-refractivity contribution in [3.05, 3.63) is 43.7 Å². The van der Waals surface area contributed by atoms with E-state index in [-0.39, 0.29) is 0 Å². The number of pyridine rings is 1. The third-order valence-corrected chi connectivity index (χ3v) is 3.67. The lowest BCUT2D eigenvalue weighted by Crippen LogP contribution is -2.01.